The largest absolute Gasteiger partial charge is 0.445 e. The van der Waals surface area contributed by atoms with Crippen LogP contribution < -0.4 is 10.2 Å². The Kier molecular flexibility index (Phi) is 8.02. The summed E-state index contributed by atoms with van der Waals surface area (Å²) >= 11 is 6.30. The van der Waals surface area contributed by atoms with Gasteiger partial charge in [-0.3, -0.25) is 9.59 Å². The number of nitrogens with one attached hydrogen (secondary N) is 1. The van der Waals surface area contributed by atoms with E-state index in [1.54, 1.807) is 15.9 Å². The molecule has 3 amide bonds. The molecule has 0 bridgehead atoms. The van der Waals surface area contributed by atoms with Crippen molar-refractivity contribution in [1.29, 1.82) is 0 Å². The molecule has 2 aliphatic rings. The monoisotopic (exact) mass is 546 g/mol. The molecule has 3 aromatic carbocycles. The number of halogens is 1. The number of likely N-dealkylation sites (tertiary alicyclic amines) is 1. The Bertz CT molecular complexity index is 1310. The van der Waals surface area contributed by atoms with Gasteiger partial charge in [0, 0.05) is 30.3 Å². The van der Waals surface area contributed by atoms with Crippen LogP contribution in [-0.2, 0) is 27.5 Å². The van der Waals surface area contributed by atoms with E-state index < -0.39 is 11.6 Å². The first-order valence-corrected chi connectivity index (χ1v) is 13.4. The fraction of sp³-hybridized carbons (Fsp3) is 0.300. The third-order valence-corrected chi connectivity index (χ3v) is 7.59. The number of piperidine rings is 1. The molecule has 9 heteroatoms. The number of ether oxygens (including phenoxy) is 1. The Morgan fingerprint density at radius 2 is 1.56 bits per heavy atom. The van der Waals surface area contributed by atoms with E-state index >= 15 is 0 Å². The minimum absolute atomic E-state index is 0.0483. The highest BCUT2D eigenvalue weighted by Crippen LogP contribution is 2.40. The second-order valence-electron chi connectivity index (χ2n) is 9.87. The Balaban J connectivity index is 1.27. The average Bonchev–Trinajstić information content (AvgIpc) is 3.22. The van der Waals surface area contributed by atoms with E-state index in [1.165, 1.54) is 0 Å². The van der Waals surface area contributed by atoms with Crippen molar-refractivity contribution in [2.24, 2.45) is 0 Å². The number of carbonyl (C=O) groups is 3. The van der Waals surface area contributed by atoms with Crippen molar-refractivity contribution >= 4 is 35.2 Å². The third-order valence-electron chi connectivity index (χ3n) is 7.35. The highest BCUT2D eigenvalue weighted by Gasteiger charge is 2.54. The van der Waals surface area contributed by atoms with E-state index in [1.807, 2.05) is 83.8 Å². The van der Waals surface area contributed by atoms with Crippen molar-refractivity contribution in [3.05, 3.63) is 101 Å². The van der Waals surface area contributed by atoms with E-state index in [2.05, 4.69) is 5.32 Å². The molecule has 0 saturated carbocycles. The molecule has 3 aromatic rings. The van der Waals surface area contributed by atoms with E-state index in [4.69, 9.17) is 16.3 Å². The molecular formula is C30H31ClN4O4. The van der Waals surface area contributed by atoms with Gasteiger partial charge in [0.15, 0.2) is 0 Å². The van der Waals surface area contributed by atoms with Crippen LogP contribution in [0.4, 0.5) is 10.5 Å². The van der Waals surface area contributed by atoms with Crippen molar-refractivity contribution in [2.45, 2.75) is 31.5 Å². The first-order chi connectivity index (χ1) is 18.9. The Labute approximate surface area is 233 Å². The van der Waals surface area contributed by atoms with Gasteiger partial charge in [0.25, 0.3) is 5.91 Å². The summed E-state index contributed by atoms with van der Waals surface area (Å²) in [6.07, 6.45) is 0.438. The van der Waals surface area contributed by atoms with Crippen LogP contribution in [-0.4, -0.2) is 59.5 Å². The van der Waals surface area contributed by atoms with E-state index in [0.717, 1.165) is 16.8 Å². The van der Waals surface area contributed by atoms with Crippen LogP contribution >= 0.6 is 11.6 Å². The smallest absolute Gasteiger partial charge is 0.410 e. The van der Waals surface area contributed by atoms with Crippen molar-refractivity contribution in [3.63, 3.8) is 0 Å². The summed E-state index contributed by atoms with van der Waals surface area (Å²) < 4.78 is 5.52. The summed E-state index contributed by atoms with van der Waals surface area (Å²) in [7, 11) is 0. The first-order valence-electron chi connectivity index (χ1n) is 13.0. The molecule has 0 radical (unpaired) electrons. The predicted molar refractivity (Wildman–Crippen MR) is 149 cm³/mol. The maximum absolute atomic E-state index is 13.9. The summed E-state index contributed by atoms with van der Waals surface area (Å²) in [5.74, 6) is -0.341. The lowest BCUT2D eigenvalue weighted by Gasteiger charge is -2.43. The number of hydrogen-bond donors (Lipinski definition) is 1. The van der Waals surface area contributed by atoms with Crippen LogP contribution in [0.25, 0.3) is 0 Å². The maximum atomic E-state index is 13.9. The molecule has 0 aromatic heterocycles. The summed E-state index contributed by atoms with van der Waals surface area (Å²) in [5, 5.41) is 3.47. The second kappa shape index (κ2) is 11.8. The molecule has 1 N–H and O–H groups in total. The summed E-state index contributed by atoms with van der Waals surface area (Å²) in [4.78, 5) is 44.7. The predicted octanol–water partition coefficient (Wildman–Crippen LogP) is 4.43. The molecule has 1 spiro atoms. The molecule has 202 valence electrons. The number of anilines is 1. The number of rotatable bonds is 7. The molecule has 8 nitrogen and oxygen atoms in total. The van der Waals surface area contributed by atoms with Crippen molar-refractivity contribution in [3.8, 4) is 0 Å². The molecule has 39 heavy (non-hydrogen) atoms. The quantitative estimate of drug-likeness (QED) is 0.474. The molecule has 0 unspecified atom stereocenters. The molecular weight excluding hydrogens is 516 g/mol. The van der Waals surface area contributed by atoms with E-state index in [9.17, 15) is 14.4 Å². The maximum Gasteiger partial charge on any atom is 0.410 e. The highest BCUT2D eigenvalue weighted by atomic mass is 35.5. The lowest BCUT2D eigenvalue weighted by Crippen LogP contribution is -2.57. The molecule has 0 aliphatic carbocycles. The number of carbonyl (C=O) groups excluding carboxylic acids is 3. The van der Waals surface area contributed by atoms with Gasteiger partial charge in [-0.2, -0.15) is 0 Å². The zero-order chi connectivity index (χ0) is 27.2. The molecule has 2 saturated heterocycles. The minimum Gasteiger partial charge on any atom is -0.445 e. The van der Waals surface area contributed by atoms with Gasteiger partial charge >= 0.3 is 6.09 Å². The van der Waals surface area contributed by atoms with Crippen LogP contribution in [0.1, 0.15) is 24.0 Å². The zero-order valence-electron chi connectivity index (χ0n) is 21.6. The van der Waals surface area contributed by atoms with Gasteiger partial charge in [0.2, 0.25) is 5.91 Å². The van der Waals surface area contributed by atoms with Crippen LogP contribution in [0.15, 0.2) is 84.9 Å². The summed E-state index contributed by atoms with van der Waals surface area (Å²) in [6.45, 7) is 1.53. The molecule has 2 heterocycles. The van der Waals surface area contributed by atoms with Crippen LogP contribution in [0.3, 0.4) is 0 Å². The Morgan fingerprint density at radius 3 is 2.23 bits per heavy atom. The van der Waals surface area contributed by atoms with Gasteiger partial charge in [0.05, 0.1) is 6.67 Å². The summed E-state index contributed by atoms with van der Waals surface area (Å²) in [5.41, 5.74) is 1.84. The zero-order valence-corrected chi connectivity index (χ0v) is 22.3. The Hall–Kier alpha value is -4.04. The van der Waals surface area contributed by atoms with Gasteiger partial charge in [-0.15, -0.1) is 0 Å². The number of nitrogens with zero attached hydrogens (tertiary/aromatic N) is 3. The van der Waals surface area contributed by atoms with Gasteiger partial charge in [-0.05, 0) is 42.2 Å². The fourth-order valence-electron chi connectivity index (χ4n) is 5.25. The molecule has 0 atom stereocenters. The highest BCUT2D eigenvalue weighted by molar-refractivity contribution is 6.30. The van der Waals surface area contributed by atoms with Gasteiger partial charge in [-0.1, -0.05) is 78.3 Å². The topological polar surface area (TPSA) is 82.2 Å². The first kappa shape index (κ1) is 26.6. The standard InChI is InChI=1S/C30H31ClN4O4/c31-25-12-7-13-26(18-25)35-22-34(20-27(36)32-19-23-8-3-1-4-9-23)28(37)30(35)14-16-33(17-15-30)29(38)39-21-24-10-5-2-6-11-24/h1-13,18H,14-17,19-22H2,(H,32,36). The van der Waals surface area contributed by atoms with Gasteiger partial charge in [-0.25, -0.2) is 4.79 Å². The van der Waals surface area contributed by atoms with E-state index in [-0.39, 0.29) is 31.6 Å². The Morgan fingerprint density at radius 1 is 0.897 bits per heavy atom. The second-order valence-corrected chi connectivity index (χ2v) is 10.3. The number of benzene rings is 3. The van der Waals surface area contributed by atoms with Crippen LogP contribution in [0.2, 0.25) is 5.02 Å². The van der Waals surface area contributed by atoms with Gasteiger partial charge in [0.1, 0.15) is 18.7 Å². The summed E-state index contributed by atoms with van der Waals surface area (Å²) in [6, 6.07) is 26.5. The molecule has 2 fully saturated rings. The number of amides is 3. The molecule has 2 aliphatic heterocycles. The average molecular weight is 547 g/mol. The van der Waals surface area contributed by atoms with Crippen LogP contribution in [0, 0.1) is 0 Å². The fourth-order valence-corrected chi connectivity index (χ4v) is 5.44. The number of hydrogen-bond acceptors (Lipinski definition) is 5. The van der Waals surface area contributed by atoms with Crippen molar-refractivity contribution in [1.82, 2.24) is 15.1 Å². The normalized spacial score (nSPS) is 16.4. The lowest BCUT2D eigenvalue weighted by atomic mass is 9.85. The van der Waals surface area contributed by atoms with Crippen molar-refractivity contribution in [2.75, 3.05) is 31.2 Å². The third kappa shape index (κ3) is 6.01. The molecule has 5 rings (SSSR count). The van der Waals surface area contributed by atoms with Crippen molar-refractivity contribution < 1.29 is 19.1 Å². The minimum atomic E-state index is -0.874. The van der Waals surface area contributed by atoms with Gasteiger partial charge < -0.3 is 24.8 Å². The van der Waals surface area contributed by atoms with E-state index in [0.29, 0.717) is 37.5 Å². The lowest BCUT2D eigenvalue weighted by molar-refractivity contribution is -0.137. The SMILES string of the molecule is O=C(CN1CN(c2cccc(Cl)c2)C2(CCN(C(=O)OCc3ccccc3)CC2)C1=O)NCc1ccccc1. The van der Waals surface area contributed by atoms with Crippen LogP contribution in [0.5, 0.6) is 0 Å².